The van der Waals surface area contributed by atoms with Gasteiger partial charge in [-0.1, -0.05) is 97.1 Å². The normalized spacial score (nSPS) is 12.1. The molecule has 0 radical (unpaired) electrons. The molecule has 208 valence electrons. The zero-order chi connectivity index (χ0) is 28.9. The number of carbonyl (C=O) groups is 2. The zero-order valence-electron chi connectivity index (χ0n) is 22.9. The lowest BCUT2D eigenvalue weighted by molar-refractivity contribution is -0.139. The average molecular weight is 548 g/mol. The lowest BCUT2D eigenvalue weighted by atomic mass is 10.1. The van der Waals surface area contributed by atoms with E-state index in [4.69, 9.17) is 9.47 Å². The van der Waals surface area contributed by atoms with Crippen molar-refractivity contribution in [2.75, 3.05) is 13.2 Å². The van der Waals surface area contributed by atoms with E-state index >= 15 is 0 Å². The highest BCUT2D eigenvalue weighted by atomic mass is 16.5. The Morgan fingerprint density at radius 2 is 1.24 bits per heavy atom. The summed E-state index contributed by atoms with van der Waals surface area (Å²) in [7, 11) is 0. The van der Waals surface area contributed by atoms with Crippen molar-refractivity contribution in [1.29, 1.82) is 0 Å². The fourth-order valence-corrected chi connectivity index (χ4v) is 4.11. The Kier molecular flexibility index (Phi) is 10.5. The molecule has 41 heavy (non-hydrogen) atoms. The summed E-state index contributed by atoms with van der Waals surface area (Å²) in [6.07, 6.45) is 5.80. The van der Waals surface area contributed by atoms with Crippen LogP contribution in [0, 0.1) is 0 Å². The van der Waals surface area contributed by atoms with E-state index in [1.165, 1.54) is 6.08 Å². The van der Waals surface area contributed by atoms with Gasteiger partial charge in [0.15, 0.2) is 5.78 Å². The Bertz CT molecular complexity index is 1460. The van der Waals surface area contributed by atoms with Gasteiger partial charge in [-0.2, -0.15) is 0 Å². The summed E-state index contributed by atoms with van der Waals surface area (Å²) in [6, 6.07) is 33.3. The smallest absolute Gasteiger partial charge is 0.326 e. The molecule has 0 fully saturated rings. The van der Waals surface area contributed by atoms with Crippen LogP contribution in [0.2, 0.25) is 0 Å². The number of carboxylic acid groups (broad SMARTS) is 1. The van der Waals surface area contributed by atoms with Crippen LogP contribution in [0.1, 0.15) is 34.0 Å². The van der Waals surface area contributed by atoms with Crippen molar-refractivity contribution >= 4 is 23.9 Å². The first-order valence-corrected chi connectivity index (χ1v) is 13.4. The molecule has 0 amide bonds. The largest absolute Gasteiger partial charge is 0.490 e. The van der Waals surface area contributed by atoms with Crippen LogP contribution in [-0.2, 0) is 11.2 Å². The van der Waals surface area contributed by atoms with E-state index in [2.05, 4.69) is 29.6 Å². The SMILES string of the molecule is C/C(=C\C(=O)c1ccccc1)NC(Cc1ccc(OCCOc2ccc(/C=C/c3ccccc3)cc2)cc1)C(=O)O. The number of allylic oxidation sites excluding steroid dienone is 2. The molecule has 6 heteroatoms. The number of hydrogen-bond acceptors (Lipinski definition) is 5. The molecule has 2 N–H and O–H groups in total. The molecular weight excluding hydrogens is 514 g/mol. The third-order valence-corrected chi connectivity index (χ3v) is 6.24. The number of hydrogen-bond donors (Lipinski definition) is 2. The molecule has 0 spiro atoms. The first-order valence-electron chi connectivity index (χ1n) is 13.4. The summed E-state index contributed by atoms with van der Waals surface area (Å²) in [5.41, 5.74) is 4.11. The summed E-state index contributed by atoms with van der Waals surface area (Å²) in [5.74, 6) is 0.256. The average Bonchev–Trinajstić information content (AvgIpc) is 3.00. The van der Waals surface area contributed by atoms with Gasteiger partial charge in [-0.15, -0.1) is 0 Å². The van der Waals surface area contributed by atoms with Gasteiger partial charge in [0.2, 0.25) is 0 Å². The van der Waals surface area contributed by atoms with Crippen molar-refractivity contribution in [3.8, 4) is 11.5 Å². The first kappa shape index (κ1) is 28.9. The first-order chi connectivity index (χ1) is 20.0. The second kappa shape index (κ2) is 14.9. The molecule has 0 aromatic heterocycles. The van der Waals surface area contributed by atoms with E-state index in [0.717, 1.165) is 22.4 Å². The van der Waals surface area contributed by atoms with E-state index in [1.807, 2.05) is 72.8 Å². The molecule has 6 nitrogen and oxygen atoms in total. The highest BCUT2D eigenvalue weighted by Crippen LogP contribution is 2.17. The highest BCUT2D eigenvalue weighted by Gasteiger charge is 2.18. The maximum atomic E-state index is 12.4. The van der Waals surface area contributed by atoms with Gasteiger partial charge in [0.1, 0.15) is 30.8 Å². The quantitative estimate of drug-likeness (QED) is 0.0792. The molecule has 0 heterocycles. The van der Waals surface area contributed by atoms with Crippen molar-refractivity contribution in [2.45, 2.75) is 19.4 Å². The molecule has 1 atom stereocenters. The van der Waals surface area contributed by atoms with E-state index in [1.54, 1.807) is 31.2 Å². The van der Waals surface area contributed by atoms with Gasteiger partial charge >= 0.3 is 5.97 Å². The Labute approximate surface area is 240 Å². The minimum absolute atomic E-state index is 0.182. The molecule has 0 bridgehead atoms. The molecule has 4 aromatic carbocycles. The van der Waals surface area contributed by atoms with Gasteiger partial charge in [0.25, 0.3) is 0 Å². The second-order valence-electron chi connectivity index (χ2n) is 9.45. The number of ether oxygens (including phenoxy) is 2. The lowest BCUT2D eigenvalue weighted by Gasteiger charge is -2.16. The monoisotopic (exact) mass is 547 g/mol. The van der Waals surface area contributed by atoms with Crippen molar-refractivity contribution in [3.63, 3.8) is 0 Å². The lowest BCUT2D eigenvalue weighted by Crippen LogP contribution is -2.37. The number of nitrogens with one attached hydrogen (secondary N) is 1. The van der Waals surface area contributed by atoms with Crippen LogP contribution in [0.25, 0.3) is 12.2 Å². The maximum Gasteiger partial charge on any atom is 0.326 e. The second-order valence-corrected chi connectivity index (χ2v) is 9.45. The van der Waals surface area contributed by atoms with Crippen molar-refractivity contribution in [2.24, 2.45) is 0 Å². The number of carboxylic acids is 1. The van der Waals surface area contributed by atoms with Crippen LogP contribution < -0.4 is 14.8 Å². The van der Waals surface area contributed by atoms with Crippen molar-refractivity contribution in [3.05, 3.63) is 143 Å². The van der Waals surface area contributed by atoms with Gasteiger partial charge in [-0.25, -0.2) is 4.79 Å². The van der Waals surface area contributed by atoms with E-state index in [9.17, 15) is 14.7 Å². The topological polar surface area (TPSA) is 84.9 Å². The number of benzene rings is 4. The molecule has 4 rings (SSSR count). The fourth-order valence-electron chi connectivity index (χ4n) is 4.11. The highest BCUT2D eigenvalue weighted by molar-refractivity contribution is 6.04. The minimum atomic E-state index is -0.998. The Morgan fingerprint density at radius 3 is 1.80 bits per heavy atom. The van der Waals surface area contributed by atoms with Crippen LogP contribution in [0.5, 0.6) is 11.5 Å². The summed E-state index contributed by atoms with van der Waals surface area (Å²) in [5, 5.41) is 12.6. The Morgan fingerprint density at radius 1 is 0.732 bits per heavy atom. The molecule has 0 aliphatic carbocycles. The third kappa shape index (κ3) is 9.55. The zero-order valence-corrected chi connectivity index (χ0v) is 22.9. The van der Waals surface area contributed by atoms with Gasteiger partial charge in [-0.3, -0.25) is 4.79 Å². The summed E-state index contributed by atoms with van der Waals surface area (Å²) < 4.78 is 11.6. The number of ketones is 1. The Balaban J connectivity index is 1.21. The molecule has 0 aliphatic heterocycles. The van der Waals surface area contributed by atoms with Crippen LogP contribution >= 0.6 is 0 Å². The molecule has 0 aliphatic rings. The molecule has 0 saturated heterocycles. The number of rotatable bonds is 14. The van der Waals surface area contributed by atoms with E-state index in [-0.39, 0.29) is 12.2 Å². The van der Waals surface area contributed by atoms with E-state index in [0.29, 0.717) is 30.2 Å². The van der Waals surface area contributed by atoms with Gasteiger partial charge in [0, 0.05) is 23.8 Å². The van der Waals surface area contributed by atoms with Gasteiger partial charge < -0.3 is 19.9 Å². The van der Waals surface area contributed by atoms with Crippen LogP contribution in [0.4, 0.5) is 0 Å². The maximum absolute atomic E-state index is 12.4. The molecule has 0 saturated carbocycles. The molecular formula is C35H33NO5. The van der Waals surface area contributed by atoms with Crippen molar-refractivity contribution in [1.82, 2.24) is 5.32 Å². The fraction of sp³-hybridized carbons (Fsp3) is 0.143. The van der Waals surface area contributed by atoms with Crippen LogP contribution in [0.15, 0.2) is 121 Å². The summed E-state index contributed by atoms with van der Waals surface area (Å²) in [4.78, 5) is 24.2. The molecule has 1 unspecified atom stereocenters. The van der Waals surface area contributed by atoms with Gasteiger partial charge in [-0.05, 0) is 47.9 Å². The number of aliphatic carboxylic acids is 1. The third-order valence-electron chi connectivity index (χ3n) is 6.24. The Hall–Kier alpha value is -5.10. The summed E-state index contributed by atoms with van der Waals surface area (Å²) in [6.45, 7) is 2.44. The van der Waals surface area contributed by atoms with Crippen LogP contribution in [-0.4, -0.2) is 36.1 Å². The summed E-state index contributed by atoms with van der Waals surface area (Å²) >= 11 is 0. The molecule has 4 aromatic rings. The van der Waals surface area contributed by atoms with Gasteiger partial charge in [0.05, 0.1) is 0 Å². The predicted octanol–water partition coefficient (Wildman–Crippen LogP) is 6.69. The number of carbonyl (C=O) groups excluding carboxylic acids is 1. The minimum Gasteiger partial charge on any atom is -0.490 e. The predicted molar refractivity (Wildman–Crippen MR) is 162 cm³/mol. The van der Waals surface area contributed by atoms with Crippen molar-refractivity contribution < 1.29 is 24.2 Å². The standard InChI is InChI=1S/C35H33NO5/c1-26(24-34(37)30-10-6-3-7-11-30)36-33(35(38)39)25-29-16-20-32(21-17-29)41-23-22-40-31-18-14-28(15-19-31)13-12-27-8-4-2-5-9-27/h2-21,24,33,36H,22-23,25H2,1H3,(H,38,39)/b13-12+,26-24+. The van der Waals surface area contributed by atoms with Crippen LogP contribution in [0.3, 0.4) is 0 Å². The van der Waals surface area contributed by atoms with E-state index < -0.39 is 12.0 Å².